The Labute approximate surface area is 150 Å². The van der Waals surface area contributed by atoms with E-state index < -0.39 is 10.0 Å². The Kier molecular flexibility index (Phi) is 5.30. The molecule has 0 aliphatic carbocycles. The molecule has 0 amide bonds. The van der Waals surface area contributed by atoms with Gasteiger partial charge in [-0.15, -0.1) is 11.3 Å². The fourth-order valence-corrected chi connectivity index (χ4v) is 4.26. The number of sulfonamides is 1. The van der Waals surface area contributed by atoms with Crippen LogP contribution in [0.2, 0.25) is 5.02 Å². The van der Waals surface area contributed by atoms with Crippen LogP contribution in [0.5, 0.6) is 0 Å². The third kappa shape index (κ3) is 4.42. The lowest BCUT2D eigenvalue weighted by Gasteiger charge is -2.05. The smallest absolute Gasteiger partial charge is 0.240 e. The van der Waals surface area contributed by atoms with Gasteiger partial charge in [0.15, 0.2) is 0 Å². The first kappa shape index (κ1) is 17.1. The first-order chi connectivity index (χ1) is 11.5. The van der Waals surface area contributed by atoms with Crippen LogP contribution in [0.1, 0.15) is 15.4 Å². The van der Waals surface area contributed by atoms with Crippen molar-refractivity contribution in [2.24, 2.45) is 0 Å². The molecule has 0 unspecified atom stereocenters. The molecule has 7 heteroatoms. The zero-order valence-electron chi connectivity index (χ0n) is 12.6. The number of nitrogens with zero attached hydrogens (tertiary/aromatic N) is 1. The molecule has 0 bridgehead atoms. The standard InChI is InChI=1S/C17H15ClN2O2S2/c18-14-6-8-16(9-7-14)24(21,22)20-12-17-19-11-15(23-17)10-13-4-2-1-3-5-13/h1-9,11,20H,10,12H2. The molecule has 4 nitrogen and oxygen atoms in total. The molecule has 0 spiro atoms. The first-order valence-corrected chi connectivity index (χ1v) is 9.93. The van der Waals surface area contributed by atoms with E-state index in [0.717, 1.165) is 16.3 Å². The molecule has 0 aliphatic heterocycles. The third-order valence-electron chi connectivity index (χ3n) is 3.36. The highest BCUT2D eigenvalue weighted by Gasteiger charge is 2.14. The lowest BCUT2D eigenvalue weighted by atomic mass is 10.1. The highest BCUT2D eigenvalue weighted by molar-refractivity contribution is 7.89. The molecule has 0 aliphatic rings. The lowest BCUT2D eigenvalue weighted by Crippen LogP contribution is -2.23. The molecule has 0 saturated heterocycles. The van der Waals surface area contributed by atoms with Gasteiger partial charge < -0.3 is 0 Å². The van der Waals surface area contributed by atoms with Gasteiger partial charge in [0.1, 0.15) is 5.01 Å². The number of aromatic nitrogens is 1. The number of hydrogen-bond acceptors (Lipinski definition) is 4. The monoisotopic (exact) mass is 378 g/mol. The minimum absolute atomic E-state index is 0.171. The van der Waals surface area contributed by atoms with E-state index in [0.29, 0.717) is 5.02 Å². The molecular formula is C17H15ClN2O2S2. The van der Waals surface area contributed by atoms with Gasteiger partial charge in [0.2, 0.25) is 10.0 Å². The first-order valence-electron chi connectivity index (χ1n) is 7.26. The average molecular weight is 379 g/mol. The molecule has 0 saturated carbocycles. The van der Waals surface area contributed by atoms with Crippen LogP contribution in [0.3, 0.4) is 0 Å². The summed E-state index contributed by atoms with van der Waals surface area (Å²) in [6.07, 6.45) is 2.59. The molecular weight excluding hydrogens is 364 g/mol. The van der Waals surface area contributed by atoms with E-state index in [1.54, 1.807) is 18.3 Å². The van der Waals surface area contributed by atoms with Crippen LogP contribution in [-0.2, 0) is 23.0 Å². The van der Waals surface area contributed by atoms with Crippen LogP contribution in [0, 0.1) is 0 Å². The van der Waals surface area contributed by atoms with E-state index in [1.165, 1.54) is 29.0 Å². The van der Waals surface area contributed by atoms with Crippen molar-refractivity contribution >= 4 is 33.0 Å². The molecule has 1 heterocycles. The molecule has 0 fully saturated rings. The third-order valence-corrected chi connectivity index (χ3v) is 6.03. The number of nitrogens with one attached hydrogen (secondary N) is 1. The van der Waals surface area contributed by atoms with Gasteiger partial charge in [-0.05, 0) is 29.8 Å². The largest absolute Gasteiger partial charge is 0.248 e. The Morgan fingerprint density at radius 2 is 1.75 bits per heavy atom. The summed E-state index contributed by atoms with van der Waals surface area (Å²) in [5.74, 6) is 0. The molecule has 24 heavy (non-hydrogen) atoms. The molecule has 3 rings (SSSR count). The average Bonchev–Trinajstić information content (AvgIpc) is 3.02. The summed E-state index contributed by atoms with van der Waals surface area (Å²) in [5, 5.41) is 1.23. The topological polar surface area (TPSA) is 59.1 Å². The lowest BCUT2D eigenvalue weighted by molar-refractivity contribution is 0.581. The molecule has 2 aromatic carbocycles. The van der Waals surface area contributed by atoms with Gasteiger partial charge in [-0.3, -0.25) is 0 Å². The summed E-state index contributed by atoms with van der Waals surface area (Å²) in [6, 6.07) is 16.2. The number of benzene rings is 2. The Bertz CT molecular complexity index is 907. The van der Waals surface area contributed by atoms with Gasteiger partial charge in [-0.25, -0.2) is 18.1 Å². The zero-order valence-corrected chi connectivity index (χ0v) is 15.0. The fourth-order valence-electron chi connectivity index (χ4n) is 2.16. The maximum Gasteiger partial charge on any atom is 0.240 e. The van der Waals surface area contributed by atoms with Gasteiger partial charge in [-0.2, -0.15) is 0 Å². The van der Waals surface area contributed by atoms with Gasteiger partial charge in [0.25, 0.3) is 0 Å². The SMILES string of the molecule is O=S(=O)(NCc1ncc(Cc2ccccc2)s1)c1ccc(Cl)cc1. The van der Waals surface area contributed by atoms with Crippen molar-refractivity contribution in [2.45, 2.75) is 17.9 Å². The Morgan fingerprint density at radius 1 is 1.04 bits per heavy atom. The Morgan fingerprint density at radius 3 is 2.46 bits per heavy atom. The van der Waals surface area contributed by atoms with E-state index in [1.807, 2.05) is 18.2 Å². The number of thiazole rings is 1. The van der Waals surface area contributed by atoms with Crippen LogP contribution < -0.4 is 4.72 Å². The van der Waals surface area contributed by atoms with Crippen LogP contribution in [0.25, 0.3) is 0 Å². The highest BCUT2D eigenvalue weighted by atomic mass is 35.5. The van der Waals surface area contributed by atoms with Crippen molar-refractivity contribution in [1.82, 2.24) is 9.71 Å². The second-order valence-corrected chi connectivity index (χ2v) is 8.56. The summed E-state index contributed by atoms with van der Waals surface area (Å²) >= 11 is 7.29. The predicted octanol–water partition coefficient (Wildman–Crippen LogP) is 3.87. The maximum atomic E-state index is 12.2. The quantitative estimate of drug-likeness (QED) is 0.708. The van der Waals surface area contributed by atoms with E-state index in [9.17, 15) is 8.42 Å². The van der Waals surface area contributed by atoms with Gasteiger partial charge in [-0.1, -0.05) is 41.9 Å². The van der Waals surface area contributed by atoms with Crippen molar-refractivity contribution < 1.29 is 8.42 Å². The second kappa shape index (κ2) is 7.44. The van der Waals surface area contributed by atoms with Crippen LogP contribution >= 0.6 is 22.9 Å². The van der Waals surface area contributed by atoms with E-state index >= 15 is 0 Å². The molecule has 3 aromatic rings. The molecule has 0 radical (unpaired) electrons. The highest BCUT2D eigenvalue weighted by Crippen LogP contribution is 2.18. The normalized spacial score (nSPS) is 11.5. The summed E-state index contributed by atoms with van der Waals surface area (Å²) in [4.78, 5) is 5.58. The summed E-state index contributed by atoms with van der Waals surface area (Å²) in [7, 11) is -3.57. The second-order valence-electron chi connectivity index (χ2n) is 5.16. The van der Waals surface area contributed by atoms with Gasteiger partial charge in [0, 0.05) is 22.5 Å². The maximum absolute atomic E-state index is 12.2. The number of hydrogen-bond donors (Lipinski definition) is 1. The number of rotatable bonds is 6. The van der Waals surface area contributed by atoms with E-state index in [2.05, 4.69) is 21.8 Å². The van der Waals surface area contributed by atoms with Crippen LogP contribution in [-0.4, -0.2) is 13.4 Å². The van der Waals surface area contributed by atoms with Crippen molar-refractivity contribution in [2.75, 3.05) is 0 Å². The van der Waals surface area contributed by atoms with E-state index in [4.69, 9.17) is 11.6 Å². The van der Waals surface area contributed by atoms with Crippen LogP contribution in [0.4, 0.5) is 0 Å². The zero-order chi connectivity index (χ0) is 17.0. The van der Waals surface area contributed by atoms with Crippen molar-refractivity contribution in [3.8, 4) is 0 Å². The molecule has 1 aromatic heterocycles. The minimum atomic E-state index is -3.57. The van der Waals surface area contributed by atoms with E-state index in [-0.39, 0.29) is 11.4 Å². The minimum Gasteiger partial charge on any atom is -0.248 e. The van der Waals surface area contributed by atoms with Crippen molar-refractivity contribution in [1.29, 1.82) is 0 Å². The van der Waals surface area contributed by atoms with Crippen LogP contribution in [0.15, 0.2) is 65.7 Å². The Balaban J connectivity index is 1.64. The van der Waals surface area contributed by atoms with Crippen molar-refractivity contribution in [3.05, 3.63) is 81.3 Å². The Hall–Kier alpha value is -1.73. The van der Waals surface area contributed by atoms with Gasteiger partial charge >= 0.3 is 0 Å². The number of halogens is 1. The fraction of sp³-hybridized carbons (Fsp3) is 0.118. The van der Waals surface area contributed by atoms with Crippen molar-refractivity contribution in [3.63, 3.8) is 0 Å². The summed E-state index contributed by atoms with van der Waals surface area (Å²) in [6.45, 7) is 0.171. The van der Waals surface area contributed by atoms with Gasteiger partial charge in [0.05, 0.1) is 11.4 Å². The molecule has 1 N–H and O–H groups in total. The molecule has 0 atom stereocenters. The molecule has 124 valence electrons. The summed E-state index contributed by atoms with van der Waals surface area (Å²) < 4.78 is 27.0. The predicted molar refractivity (Wildman–Crippen MR) is 96.8 cm³/mol. The summed E-state index contributed by atoms with van der Waals surface area (Å²) in [5.41, 5.74) is 1.20.